The summed E-state index contributed by atoms with van der Waals surface area (Å²) in [5, 5.41) is 8.07. The molecule has 2 aliphatic heterocycles. The molecule has 0 spiro atoms. The summed E-state index contributed by atoms with van der Waals surface area (Å²) in [4.78, 5) is 39.5. The van der Waals surface area contributed by atoms with Gasteiger partial charge in [-0.05, 0) is 74.0 Å². The number of para-hydroxylation sites is 1. The SMILES string of the molecule is CCS1(c2ccc(Oc3ccccc3)cc2C)c2nccc3nc(=O)[nH]c(c23)C1NC(=O)C1CCCNC1. The Labute approximate surface area is 222 Å². The number of nitrogens with zero attached hydrogens (tertiary/aromatic N) is 2. The molecular formula is C29H31N5O3S. The smallest absolute Gasteiger partial charge is 0.345 e. The second-order valence-corrected chi connectivity index (χ2v) is 13.3. The number of carbonyl (C=O) groups is 1. The topological polar surface area (TPSA) is 109 Å². The number of pyridine rings is 1. The van der Waals surface area contributed by atoms with Gasteiger partial charge in [0.1, 0.15) is 16.9 Å². The lowest BCUT2D eigenvalue weighted by Gasteiger charge is -2.43. The zero-order valence-electron chi connectivity index (χ0n) is 21.5. The number of aryl methyl sites for hydroxylation is 1. The predicted molar refractivity (Wildman–Crippen MR) is 149 cm³/mol. The minimum Gasteiger partial charge on any atom is -0.457 e. The maximum absolute atomic E-state index is 13.6. The fourth-order valence-electron chi connectivity index (χ4n) is 5.78. The molecule has 4 aromatic rings. The summed E-state index contributed by atoms with van der Waals surface area (Å²) >= 11 is 0. The van der Waals surface area contributed by atoms with Crippen molar-refractivity contribution in [2.75, 3.05) is 18.8 Å². The van der Waals surface area contributed by atoms with Crippen LogP contribution in [0.15, 0.2) is 75.5 Å². The maximum atomic E-state index is 13.6. The monoisotopic (exact) mass is 529 g/mol. The average Bonchev–Trinajstić information content (AvgIpc) is 3.20. The first kappa shape index (κ1) is 24.6. The Morgan fingerprint density at radius 3 is 2.74 bits per heavy atom. The molecule has 2 aliphatic rings. The Morgan fingerprint density at radius 2 is 2.00 bits per heavy atom. The molecule has 38 heavy (non-hydrogen) atoms. The normalized spacial score (nSPS) is 24.1. The molecule has 1 amide bonds. The summed E-state index contributed by atoms with van der Waals surface area (Å²) in [6.07, 6.45) is 3.54. The van der Waals surface area contributed by atoms with Crippen LogP contribution in [-0.4, -0.2) is 39.7 Å². The van der Waals surface area contributed by atoms with Gasteiger partial charge in [0.25, 0.3) is 0 Å². The number of nitrogens with one attached hydrogen (secondary N) is 3. The van der Waals surface area contributed by atoms with Gasteiger partial charge in [0.2, 0.25) is 5.91 Å². The molecule has 2 aromatic carbocycles. The molecule has 0 bridgehead atoms. The number of aromatic amines is 1. The third-order valence-electron chi connectivity index (χ3n) is 7.55. The number of H-pyrrole nitrogens is 1. The van der Waals surface area contributed by atoms with E-state index in [4.69, 9.17) is 9.72 Å². The van der Waals surface area contributed by atoms with E-state index in [0.717, 1.165) is 57.5 Å². The molecule has 6 rings (SSSR count). The number of ether oxygens (including phenoxy) is 1. The highest BCUT2D eigenvalue weighted by Crippen LogP contribution is 2.75. The van der Waals surface area contributed by atoms with E-state index in [0.29, 0.717) is 17.8 Å². The van der Waals surface area contributed by atoms with Crippen molar-refractivity contribution in [3.05, 3.63) is 82.5 Å². The van der Waals surface area contributed by atoms with E-state index in [1.54, 1.807) is 12.3 Å². The van der Waals surface area contributed by atoms with Crippen molar-refractivity contribution in [3.63, 3.8) is 0 Å². The summed E-state index contributed by atoms with van der Waals surface area (Å²) in [5.74, 6) is 2.15. The number of rotatable bonds is 6. The van der Waals surface area contributed by atoms with E-state index >= 15 is 0 Å². The number of piperidine rings is 1. The van der Waals surface area contributed by atoms with Crippen LogP contribution < -0.4 is 21.1 Å². The highest BCUT2D eigenvalue weighted by atomic mass is 32.3. The van der Waals surface area contributed by atoms with Crippen LogP contribution in [0.5, 0.6) is 11.5 Å². The number of carbonyl (C=O) groups excluding carboxylic acids is 1. The number of amides is 1. The third-order valence-corrected chi connectivity index (χ3v) is 11.9. The Balaban J connectivity index is 1.48. The summed E-state index contributed by atoms with van der Waals surface area (Å²) < 4.78 is 6.11. The van der Waals surface area contributed by atoms with Crippen molar-refractivity contribution in [3.8, 4) is 11.5 Å². The molecule has 0 aliphatic carbocycles. The van der Waals surface area contributed by atoms with Crippen LogP contribution in [0.2, 0.25) is 0 Å². The lowest BCUT2D eigenvalue weighted by atomic mass is 9.99. The molecule has 9 heteroatoms. The number of hydrogen-bond acceptors (Lipinski definition) is 6. The summed E-state index contributed by atoms with van der Waals surface area (Å²) in [5.41, 5.74) is 1.95. The first-order chi connectivity index (χ1) is 18.5. The Bertz CT molecular complexity index is 1570. The molecule has 0 radical (unpaired) electrons. The molecule has 3 atom stereocenters. The standard InChI is InChI=1S/C29H31N5O3S/c1-3-38(23-12-11-21(16-18(23)2)37-20-9-5-4-6-10-20)27-24-22(13-15-31-27)32-29(36)33-25(24)28(38)34-26(35)19-8-7-14-30-17-19/h4-6,9-13,15-16,19,28,30H,3,7-8,14,17H2,1-2H3,(H,34,35)(H,32,33,36). The van der Waals surface area contributed by atoms with Gasteiger partial charge in [-0.1, -0.05) is 25.1 Å². The lowest BCUT2D eigenvalue weighted by molar-refractivity contribution is -0.125. The van der Waals surface area contributed by atoms with Crippen LogP contribution in [0, 0.1) is 12.8 Å². The quantitative estimate of drug-likeness (QED) is 0.331. The van der Waals surface area contributed by atoms with Crippen molar-refractivity contribution >= 4 is 26.8 Å². The van der Waals surface area contributed by atoms with Crippen molar-refractivity contribution in [2.24, 2.45) is 5.92 Å². The minimum atomic E-state index is -1.93. The van der Waals surface area contributed by atoms with Gasteiger partial charge in [-0.3, -0.25) is 9.78 Å². The van der Waals surface area contributed by atoms with E-state index in [1.807, 2.05) is 42.5 Å². The second-order valence-electron chi connectivity index (χ2n) is 9.82. The Hall–Kier alpha value is -3.69. The third kappa shape index (κ3) is 4.06. The average molecular weight is 530 g/mol. The van der Waals surface area contributed by atoms with Gasteiger partial charge in [-0.2, -0.15) is 4.98 Å². The van der Waals surface area contributed by atoms with Crippen LogP contribution in [0.25, 0.3) is 10.9 Å². The Kier molecular flexibility index (Phi) is 6.41. The number of hydrogen-bond donors (Lipinski definition) is 3. The van der Waals surface area contributed by atoms with Gasteiger partial charge in [-0.25, -0.2) is 4.79 Å². The van der Waals surface area contributed by atoms with Crippen molar-refractivity contribution in [1.82, 2.24) is 25.6 Å². The van der Waals surface area contributed by atoms with E-state index in [1.165, 1.54) is 0 Å². The minimum absolute atomic E-state index is 0.00725. The van der Waals surface area contributed by atoms with E-state index < -0.39 is 21.1 Å². The molecule has 1 saturated heterocycles. The van der Waals surface area contributed by atoms with Gasteiger partial charge in [0.15, 0.2) is 0 Å². The first-order valence-electron chi connectivity index (χ1n) is 13.0. The number of benzene rings is 2. The van der Waals surface area contributed by atoms with Crippen LogP contribution in [0.1, 0.15) is 36.4 Å². The van der Waals surface area contributed by atoms with Gasteiger partial charge in [0, 0.05) is 17.6 Å². The Morgan fingerprint density at radius 1 is 1.16 bits per heavy atom. The van der Waals surface area contributed by atoms with Crippen LogP contribution in [-0.2, 0) is 4.79 Å². The zero-order valence-corrected chi connectivity index (χ0v) is 22.3. The van der Waals surface area contributed by atoms with Crippen molar-refractivity contribution < 1.29 is 9.53 Å². The van der Waals surface area contributed by atoms with E-state index in [-0.39, 0.29) is 11.8 Å². The lowest BCUT2D eigenvalue weighted by Crippen LogP contribution is -2.42. The molecule has 4 heterocycles. The summed E-state index contributed by atoms with van der Waals surface area (Å²) in [6.45, 7) is 5.81. The molecule has 196 valence electrons. The molecule has 8 nitrogen and oxygen atoms in total. The largest absolute Gasteiger partial charge is 0.457 e. The van der Waals surface area contributed by atoms with E-state index in [9.17, 15) is 9.59 Å². The maximum Gasteiger partial charge on any atom is 0.345 e. The van der Waals surface area contributed by atoms with E-state index in [2.05, 4.69) is 40.5 Å². The highest BCUT2D eigenvalue weighted by molar-refractivity contribution is 8.34. The van der Waals surface area contributed by atoms with Crippen molar-refractivity contribution in [1.29, 1.82) is 0 Å². The van der Waals surface area contributed by atoms with Gasteiger partial charge in [-0.15, -0.1) is 10.0 Å². The van der Waals surface area contributed by atoms with Crippen LogP contribution >= 0.6 is 10.0 Å². The molecule has 3 N–H and O–H groups in total. The first-order valence-corrected chi connectivity index (χ1v) is 14.9. The molecule has 3 unspecified atom stereocenters. The van der Waals surface area contributed by atoms with Crippen LogP contribution in [0.3, 0.4) is 0 Å². The predicted octanol–water partition coefficient (Wildman–Crippen LogP) is 4.79. The molecular weight excluding hydrogens is 498 g/mol. The number of aromatic nitrogens is 3. The highest BCUT2D eigenvalue weighted by Gasteiger charge is 2.48. The van der Waals surface area contributed by atoms with Gasteiger partial charge in [0.05, 0.1) is 27.5 Å². The fourth-order valence-corrected chi connectivity index (χ4v) is 10.1. The van der Waals surface area contributed by atoms with Gasteiger partial charge < -0.3 is 20.4 Å². The summed E-state index contributed by atoms with van der Waals surface area (Å²) in [6, 6.07) is 17.6. The fraction of sp³-hybridized carbons (Fsp3) is 0.310. The molecule has 2 aromatic heterocycles. The van der Waals surface area contributed by atoms with Crippen LogP contribution in [0.4, 0.5) is 0 Å². The van der Waals surface area contributed by atoms with Crippen molar-refractivity contribution in [2.45, 2.75) is 42.0 Å². The second kappa shape index (κ2) is 9.89. The zero-order chi connectivity index (χ0) is 26.3. The molecule has 0 saturated carbocycles. The molecule has 1 fully saturated rings. The van der Waals surface area contributed by atoms with Gasteiger partial charge >= 0.3 is 5.69 Å². The summed E-state index contributed by atoms with van der Waals surface area (Å²) in [7, 11) is -1.93.